The van der Waals surface area contributed by atoms with Gasteiger partial charge in [-0.25, -0.2) is 0 Å². The third-order valence-electron chi connectivity index (χ3n) is 5.33. The van der Waals surface area contributed by atoms with Crippen molar-refractivity contribution in [1.82, 2.24) is 9.80 Å². The van der Waals surface area contributed by atoms with Crippen LogP contribution in [0, 0.1) is 0 Å². The molecular formula is C23H25N3O4. The molecule has 0 unspecified atom stereocenters. The van der Waals surface area contributed by atoms with E-state index < -0.39 is 0 Å². The molecule has 0 bridgehead atoms. The molecule has 0 atom stereocenters. The topological polar surface area (TPSA) is 75.0 Å². The third-order valence-corrected chi connectivity index (χ3v) is 5.33. The molecule has 30 heavy (non-hydrogen) atoms. The summed E-state index contributed by atoms with van der Waals surface area (Å²) >= 11 is 0. The van der Waals surface area contributed by atoms with E-state index in [4.69, 9.17) is 9.15 Å². The summed E-state index contributed by atoms with van der Waals surface area (Å²) in [5, 5.41) is 3.83. The normalized spacial score (nSPS) is 14.6. The van der Waals surface area contributed by atoms with Gasteiger partial charge in [0.05, 0.1) is 12.8 Å². The van der Waals surface area contributed by atoms with E-state index in [0.717, 1.165) is 24.1 Å². The molecule has 3 aromatic rings. The zero-order chi connectivity index (χ0) is 20.9. The van der Waals surface area contributed by atoms with Gasteiger partial charge in [0.2, 0.25) is 5.91 Å². The van der Waals surface area contributed by atoms with Crippen LogP contribution in [-0.2, 0) is 4.79 Å². The Bertz CT molecular complexity index is 1000. The number of benzene rings is 2. The maximum absolute atomic E-state index is 12.7. The Hall–Kier alpha value is -3.32. The van der Waals surface area contributed by atoms with Crippen molar-refractivity contribution in [1.29, 1.82) is 0 Å². The van der Waals surface area contributed by atoms with Gasteiger partial charge in [-0.15, -0.1) is 0 Å². The molecule has 1 aliphatic rings. The molecule has 7 nitrogen and oxygen atoms in total. The Morgan fingerprint density at radius 1 is 1.03 bits per heavy atom. The van der Waals surface area contributed by atoms with Crippen LogP contribution in [0.15, 0.2) is 59.0 Å². The summed E-state index contributed by atoms with van der Waals surface area (Å²) < 4.78 is 11.0. The van der Waals surface area contributed by atoms with Gasteiger partial charge in [-0.05, 0) is 24.3 Å². The number of fused-ring (bicyclic) bond motifs is 1. The van der Waals surface area contributed by atoms with Crippen LogP contribution in [0.1, 0.15) is 17.0 Å². The molecule has 1 aromatic heterocycles. The summed E-state index contributed by atoms with van der Waals surface area (Å²) in [6, 6.07) is 16.8. The number of anilines is 1. The van der Waals surface area contributed by atoms with Gasteiger partial charge in [-0.1, -0.05) is 30.3 Å². The van der Waals surface area contributed by atoms with E-state index in [1.807, 2.05) is 53.4 Å². The van der Waals surface area contributed by atoms with E-state index in [1.54, 1.807) is 13.2 Å². The number of carbonyl (C=O) groups excluding carboxylic acids is 2. The highest BCUT2D eigenvalue weighted by molar-refractivity contribution is 5.96. The maximum Gasteiger partial charge on any atom is 0.289 e. The number of methoxy groups -OCH3 is 1. The fraction of sp³-hybridized carbons (Fsp3) is 0.304. The standard InChI is InChI=1S/C23H25N3O4/c1-29-20-9-5-3-7-18(20)24-22(27)10-11-25-12-14-26(15-13-25)23(28)21-16-17-6-2-4-8-19(17)30-21/h2-9,16H,10-15H2,1H3,(H,24,27). The molecular weight excluding hydrogens is 382 g/mol. The van der Waals surface area contributed by atoms with Crippen molar-refractivity contribution in [2.24, 2.45) is 0 Å². The Balaban J connectivity index is 1.25. The van der Waals surface area contributed by atoms with Gasteiger partial charge in [0.25, 0.3) is 5.91 Å². The van der Waals surface area contributed by atoms with Crippen molar-refractivity contribution in [2.45, 2.75) is 6.42 Å². The molecule has 2 heterocycles. The minimum Gasteiger partial charge on any atom is -0.495 e. The third kappa shape index (κ3) is 4.46. The molecule has 1 N–H and O–H groups in total. The molecule has 1 saturated heterocycles. The number of carbonyl (C=O) groups is 2. The molecule has 1 fully saturated rings. The maximum atomic E-state index is 12.7. The second-order valence-corrected chi connectivity index (χ2v) is 7.28. The number of hydrogen-bond acceptors (Lipinski definition) is 5. The Labute approximate surface area is 175 Å². The van der Waals surface area contributed by atoms with Crippen molar-refractivity contribution in [3.05, 3.63) is 60.4 Å². The second kappa shape index (κ2) is 9.00. The fourth-order valence-corrected chi connectivity index (χ4v) is 3.64. The first kappa shape index (κ1) is 20.0. The molecule has 0 radical (unpaired) electrons. The first-order chi connectivity index (χ1) is 14.6. The number of para-hydroxylation sites is 3. The Kier molecular flexibility index (Phi) is 5.99. The van der Waals surface area contributed by atoms with Gasteiger partial charge in [0.1, 0.15) is 11.3 Å². The lowest BCUT2D eigenvalue weighted by atomic mass is 10.2. The van der Waals surface area contributed by atoms with Crippen LogP contribution in [-0.4, -0.2) is 61.4 Å². The van der Waals surface area contributed by atoms with Crippen LogP contribution in [0.5, 0.6) is 5.75 Å². The fourth-order valence-electron chi connectivity index (χ4n) is 3.64. The molecule has 1 aliphatic heterocycles. The summed E-state index contributed by atoms with van der Waals surface area (Å²) in [4.78, 5) is 29.0. The largest absolute Gasteiger partial charge is 0.495 e. The minimum absolute atomic E-state index is 0.0553. The molecule has 2 amide bonds. The van der Waals surface area contributed by atoms with Gasteiger partial charge < -0.3 is 19.4 Å². The zero-order valence-electron chi connectivity index (χ0n) is 17.0. The number of nitrogens with zero attached hydrogens (tertiary/aromatic N) is 2. The average molecular weight is 407 g/mol. The highest BCUT2D eigenvalue weighted by atomic mass is 16.5. The molecule has 2 aromatic carbocycles. The van der Waals surface area contributed by atoms with Crippen molar-refractivity contribution in [2.75, 3.05) is 45.2 Å². The lowest BCUT2D eigenvalue weighted by molar-refractivity contribution is -0.116. The van der Waals surface area contributed by atoms with E-state index in [-0.39, 0.29) is 11.8 Å². The number of hydrogen-bond donors (Lipinski definition) is 1. The average Bonchev–Trinajstić information content (AvgIpc) is 3.22. The molecule has 4 rings (SSSR count). The number of furan rings is 1. The molecule has 7 heteroatoms. The Morgan fingerprint density at radius 3 is 2.53 bits per heavy atom. The number of amides is 2. The van der Waals surface area contributed by atoms with E-state index in [9.17, 15) is 9.59 Å². The number of ether oxygens (including phenoxy) is 1. The smallest absolute Gasteiger partial charge is 0.289 e. The van der Waals surface area contributed by atoms with Crippen LogP contribution in [0.2, 0.25) is 0 Å². The van der Waals surface area contributed by atoms with Crippen LogP contribution >= 0.6 is 0 Å². The summed E-state index contributed by atoms with van der Waals surface area (Å²) in [5.41, 5.74) is 1.40. The summed E-state index contributed by atoms with van der Waals surface area (Å²) in [5.74, 6) is 0.879. The lowest BCUT2D eigenvalue weighted by Crippen LogP contribution is -2.49. The van der Waals surface area contributed by atoms with E-state index >= 15 is 0 Å². The molecule has 0 spiro atoms. The highest BCUT2D eigenvalue weighted by Crippen LogP contribution is 2.23. The number of piperazine rings is 1. The van der Waals surface area contributed by atoms with Crippen LogP contribution in [0.4, 0.5) is 5.69 Å². The van der Waals surface area contributed by atoms with Crippen molar-refractivity contribution < 1.29 is 18.7 Å². The number of nitrogens with one attached hydrogen (secondary N) is 1. The van der Waals surface area contributed by atoms with Gasteiger partial charge >= 0.3 is 0 Å². The summed E-state index contributed by atoms with van der Waals surface area (Å²) in [6.07, 6.45) is 0.384. The van der Waals surface area contributed by atoms with Gasteiger partial charge in [-0.2, -0.15) is 0 Å². The number of rotatable bonds is 6. The monoisotopic (exact) mass is 407 g/mol. The Morgan fingerprint density at radius 2 is 1.77 bits per heavy atom. The second-order valence-electron chi connectivity index (χ2n) is 7.28. The van der Waals surface area contributed by atoms with E-state index in [2.05, 4.69) is 10.2 Å². The molecule has 0 aliphatic carbocycles. The SMILES string of the molecule is COc1ccccc1NC(=O)CCN1CCN(C(=O)c2cc3ccccc3o2)CC1. The van der Waals surface area contributed by atoms with Crippen LogP contribution in [0.3, 0.4) is 0 Å². The first-order valence-electron chi connectivity index (χ1n) is 10.1. The molecule has 156 valence electrons. The van der Waals surface area contributed by atoms with Crippen molar-refractivity contribution in [3.8, 4) is 5.75 Å². The summed E-state index contributed by atoms with van der Waals surface area (Å²) in [7, 11) is 1.58. The predicted octanol–water partition coefficient (Wildman–Crippen LogP) is 3.23. The van der Waals surface area contributed by atoms with Crippen LogP contribution < -0.4 is 10.1 Å². The quantitative estimate of drug-likeness (QED) is 0.679. The minimum atomic E-state index is -0.0836. The van der Waals surface area contributed by atoms with Crippen molar-refractivity contribution >= 4 is 28.5 Å². The van der Waals surface area contributed by atoms with Gasteiger partial charge in [0, 0.05) is 44.5 Å². The van der Waals surface area contributed by atoms with Crippen molar-refractivity contribution in [3.63, 3.8) is 0 Å². The lowest BCUT2D eigenvalue weighted by Gasteiger charge is -2.34. The van der Waals surface area contributed by atoms with Gasteiger partial charge in [0.15, 0.2) is 5.76 Å². The molecule has 0 saturated carbocycles. The zero-order valence-corrected chi connectivity index (χ0v) is 17.0. The van der Waals surface area contributed by atoms with Gasteiger partial charge in [-0.3, -0.25) is 14.5 Å². The first-order valence-corrected chi connectivity index (χ1v) is 10.1. The van der Waals surface area contributed by atoms with E-state index in [0.29, 0.717) is 43.3 Å². The predicted molar refractivity (Wildman–Crippen MR) is 115 cm³/mol. The highest BCUT2D eigenvalue weighted by Gasteiger charge is 2.24. The summed E-state index contributed by atoms with van der Waals surface area (Å²) in [6.45, 7) is 3.34. The van der Waals surface area contributed by atoms with E-state index in [1.165, 1.54) is 0 Å². The van der Waals surface area contributed by atoms with Crippen LogP contribution in [0.25, 0.3) is 11.0 Å².